The number of para-hydroxylation sites is 1. The summed E-state index contributed by atoms with van der Waals surface area (Å²) >= 11 is 0. The van der Waals surface area contributed by atoms with Crippen molar-refractivity contribution in [2.75, 3.05) is 0 Å². The molecule has 0 unspecified atom stereocenters. The van der Waals surface area contributed by atoms with E-state index in [1.54, 1.807) is 0 Å². The molecule has 0 aliphatic rings. The maximum absolute atomic E-state index is 6.35. The summed E-state index contributed by atoms with van der Waals surface area (Å²) in [5, 5.41) is 2.24. The normalized spacial score (nSPS) is 11.5. The second-order valence-corrected chi connectivity index (χ2v) is 11.2. The fourth-order valence-electron chi connectivity index (χ4n) is 5.79. The summed E-state index contributed by atoms with van der Waals surface area (Å²) < 4.78 is 10.5. The van der Waals surface area contributed by atoms with Gasteiger partial charge in [-0.2, -0.15) is 36.0 Å². The van der Waals surface area contributed by atoms with E-state index >= 15 is 0 Å². The predicted molar refractivity (Wildman–Crippen MR) is 169 cm³/mol. The monoisotopic (exact) mass is 739 g/mol. The minimum atomic E-state index is -0.190. The number of aromatic nitrogens is 3. The predicted octanol–water partition coefficient (Wildman–Crippen LogP) is 9.10. The zero-order chi connectivity index (χ0) is 28.8. The molecule has 0 spiro atoms. The summed E-state index contributed by atoms with van der Waals surface area (Å²) in [5.74, 6) is 2.08. The number of fused-ring (bicyclic) bond motifs is 3. The Morgan fingerprint density at radius 3 is 2.28 bits per heavy atom. The molecule has 0 aliphatic heterocycles. The molecule has 7 rings (SSSR count). The van der Waals surface area contributed by atoms with E-state index in [1.165, 1.54) is 11.1 Å². The van der Waals surface area contributed by atoms with Crippen LogP contribution in [0.5, 0.6) is 11.5 Å². The average molecular weight is 740 g/mol. The zero-order valence-corrected chi connectivity index (χ0v) is 26.7. The molecule has 0 atom stereocenters. The van der Waals surface area contributed by atoms with Crippen molar-refractivity contribution in [3.05, 3.63) is 150 Å². The van der Waals surface area contributed by atoms with Crippen molar-refractivity contribution in [3.63, 3.8) is 0 Å². The van der Waals surface area contributed by atoms with Gasteiger partial charge in [0.25, 0.3) is 0 Å². The van der Waals surface area contributed by atoms with Gasteiger partial charge in [0.05, 0.1) is 0 Å². The molecule has 0 N–H and O–H groups in total. The Balaban J connectivity index is 0.00000329. The second-order valence-electron chi connectivity index (χ2n) is 11.2. The van der Waals surface area contributed by atoms with Crippen LogP contribution in [0.4, 0.5) is 0 Å². The van der Waals surface area contributed by atoms with Gasteiger partial charge in [0.2, 0.25) is 0 Å². The third-order valence-electron chi connectivity index (χ3n) is 8.03. The molecule has 0 aliphatic carbocycles. The summed E-state index contributed by atoms with van der Waals surface area (Å²) in [7, 11) is 0. The maximum atomic E-state index is 6.35. The van der Waals surface area contributed by atoms with Crippen LogP contribution in [0.3, 0.4) is 0 Å². The minimum absolute atomic E-state index is 0. The molecule has 0 amide bonds. The Bertz CT molecular complexity index is 2070. The van der Waals surface area contributed by atoms with Crippen LogP contribution in [-0.2, 0) is 26.5 Å². The summed E-state index contributed by atoms with van der Waals surface area (Å²) in [6.45, 7) is 8.62. The van der Waals surface area contributed by atoms with Gasteiger partial charge in [-0.25, -0.2) is 4.98 Å². The molecular formula is C38H30N3OPt-3. The second kappa shape index (κ2) is 11.4. The summed E-state index contributed by atoms with van der Waals surface area (Å²) in [4.78, 5) is 4.85. The molecule has 7 aromatic rings. The first kappa shape index (κ1) is 28.7. The Kier molecular flexibility index (Phi) is 7.58. The molecule has 4 aromatic carbocycles. The van der Waals surface area contributed by atoms with Crippen LogP contribution >= 0.6 is 0 Å². The number of nitrogens with zero attached hydrogens (tertiary/aromatic N) is 3. The number of pyridine rings is 1. The molecule has 0 saturated heterocycles. The van der Waals surface area contributed by atoms with Crippen molar-refractivity contribution in [3.8, 4) is 23.0 Å². The zero-order valence-electron chi connectivity index (χ0n) is 24.5. The fraction of sp³-hybridized carbons (Fsp3) is 0.132. The first-order chi connectivity index (χ1) is 20.4. The van der Waals surface area contributed by atoms with Gasteiger partial charge in [0.1, 0.15) is 5.82 Å². The van der Waals surface area contributed by atoms with Crippen LogP contribution in [-0.4, -0.2) is 14.1 Å². The summed E-state index contributed by atoms with van der Waals surface area (Å²) in [6.07, 6.45) is 5.26. The molecule has 4 nitrogen and oxygen atoms in total. The molecule has 43 heavy (non-hydrogen) atoms. The molecular weight excluding hydrogens is 710 g/mol. The smallest absolute Gasteiger partial charge is 0.135 e. The van der Waals surface area contributed by atoms with E-state index in [2.05, 4.69) is 123 Å². The molecule has 3 heterocycles. The Morgan fingerprint density at radius 2 is 1.49 bits per heavy atom. The van der Waals surface area contributed by atoms with Gasteiger partial charge in [-0.3, -0.25) is 0 Å². The number of rotatable bonds is 6. The van der Waals surface area contributed by atoms with Crippen LogP contribution < -0.4 is 4.74 Å². The van der Waals surface area contributed by atoms with E-state index in [0.29, 0.717) is 11.5 Å². The molecule has 0 fully saturated rings. The van der Waals surface area contributed by atoms with Crippen LogP contribution in [0, 0.1) is 32.2 Å². The van der Waals surface area contributed by atoms with Gasteiger partial charge in [0, 0.05) is 49.7 Å². The van der Waals surface area contributed by atoms with Crippen molar-refractivity contribution in [2.45, 2.75) is 33.1 Å². The molecule has 0 bridgehead atoms. The van der Waals surface area contributed by atoms with Crippen molar-refractivity contribution in [1.29, 1.82) is 0 Å². The topological polar surface area (TPSA) is 32.0 Å². The van der Waals surface area contributed by atoms with Gasteiger partial charge in [0.15, 0.2) is 0 Å². The average Bonchev–Trinajstić information content (AvgIpc) is 3.53. The Hall–Kier alpha value is -4.40. The van der Waals surface area contributed by atoms with E-state index in [-0.39, 0.29) is 26.5 Å². The molecule has 3 aromatic heterocycles. The largest absolute Gasteiger partial charge is 0.510 e. The molecule has 0 saturated carbocycles. The number of hydrogen-bond acceptors (Lipinski definition) is 2. The van der Waals surface area contributed by atoms with E-state index in [4.69, 9.17) is 9.72 Å². The molecule has 5 heteroatoms. The van der Waals surface area contributed by atoms with Crippen LogP contribution in [0.15, 0.2) is 109 Å². The Labute approximate surface area is 266 Å². The first-order valence-electron chi connectivity index (χ1n) is 14.2. The van der Waals surface area contributed by atoms with E-state index < -0.39 is 0 Å². The van der Waals surface area contributed by atoms with E-state index in [9.17, 15) is 0 Å². The van der Waals surface area contributed by atoms with Gasteiger partial charge < -0.3 is 13.9 Å². The van der Waals surface area contributed by atoms with E-state index in [1.807, 2.05) is 42.0 Å². The quantitative estimate of drug-likeness (QED) is 0.160. The minimum Gasteiger partial charge on any atom is -0.510 e. The number of hydrogen-bond donors (Lipinski definition) is 0. The van der Waals surface area contributed by atoms with Crippen LogP contribution in [0.1, 0.15) is 36.2 Å². The number of aryl methyl sites for hydroxylation is 2. The van der Waals surface area contributed by atoms with Crippen molar-refractivity contribution in [1.82, 2.24) is 14.1 Å². The standard InChI is InChI=1S/C38H30N3O.Pt/c1-26-21-27(2)40(25-26)30-13-10-14-31(23-30)42-32-17-18-34-33-15-8-9-16-35(33)41(36(34)24-32)37-22-29(19-20-39-37)38(3,4)28-11-6-5-7-12-28;/h5-22H,1-4H3;/q-3;. The Morgan fingerprint density at radius 1 is 0.721 bits per heavy atom. The SMILES string of the molecule is Cc1[c-]n(-c2[c-]c(Oc3[c-]c4c(cc3)c3ccccc3n4-c3cc(C(C)(C)c4ccccc4)ccn3)ccc2)c(C)c1.[Pt]. The van der Waals surface area contributed by atoms with Gasteiger partial charge >= 0.3 is 0 Å². The van der Waals surface area contributed by atoms with Crippen LogP contribution in [0.25, 0.3) is 33.3 Å². The summed E-state index contributed by atoms with van der Waals surface area (Å²) in [5.41, 5.74) is 7.32. The van der Waals surface area contributed by atoms with Crippen molar-refractivity contribution >= 4 is 21.8 Å². The van der Waals surface area contributed by atoms with Gasteiger partial charge in [-0.05, 0) is 34.7 Å². The molecule has 216 valence electrons. The third-order valence-corrected chi connectivity index (χ3v) is 8.03. The van der Waals surface area contributed by atoms with Gasteiger partial charge in [-0.15, -0.1) is 34.8 Å². The fourth-order valence-corrected chi connectivity index (χ4v) is 5.79. The summed E-state index contributed by atoms with van der Waals surface area (Å²) in [6, 6.07) is 42.4. The van der Waals surface area contributed by atoms with Crippen molar-refractivity contribution < 1.29 is 25.8 Å². The van der Waals surface area contributed by atoms with Gasteiger partial charge in [-0.1, -0.05) is 87.9 Å². The maximum Gasteiger partial charge on any atom is 0.135 e. The van der Waals surface area contributed by atoms with E-state index in [0.717, 1.165) is 44.6 Å². The van der Waals surface area contributed by atoms with Crippen molar-refractivity contribution in [2.24, 2.45) is 0 Å². The first-order valence-corrected chi connectivity index (χ1v) is 14.2. The number of ether oxygens (including phenoxy) is 1. The number of benzene rings is 4. The third kappa shape index (κ3) is 5.21. The molecule has 0 radical (unpaired) electrons. The van der Waals surface area contributed by atoms with Crippen LogP contribution in [0.2, 0.25) is 0 Å².